The normalized spacial score (nSPS) is 10.8. The van der Waals surface area contributed by atoms with Crippen molar-refractivity contribution in [2.24, 2.45) is 0 Å². The van der Waals surface area contributed by atoms with Gasteiger partial charge in [0.1, 0.15) is 12.2 Å². The van der Waals surface area contributed by atoms with Gasteiger partial charge in [-0.1, -0.05) is 0 Å². The van der Waals surface area contributed by atoms with E-state index in [0.29, 0.717) is 5.56 Å². The van der Waals surface area contributed by atoms with Gasteiger partial charge in [-0.3, -0.25) is 24.5 Å². The quantitative estimate of drug-likeness (QED) is 0.381. The summed E-state index contributed by atoms with van der Waals surface area (Å²) < 4.78 is 4.93. The van der Waals surface area contributed by atoms with Crippen molar-refractivity contribution in [3.05, 3.63) is 69.8 Å². The van der Waals surface area contributed by atoms with Crippen molar-refractivity contribution in [1.82, 2.24) is 10.6 Å². The maximum absolute atomic E-state index is 12.1. The number of hydrogen-bond acceptors (Lipinski definition) is 6. The van der Waals surface area contributed by atoms with Crippen LogP contribution in [-0.2, 0) is 9.59 Å². The molecule has 0 saturated carbocycles. The smallest absolute Gasteiger partial charge is 0.322 e. The average molecular weight is 359 g/mol. The third kappa shape index (κ3) is 5.03. The maximum atomic E-state index is 12.1. The Bertz CT molecular complexity index is 854. The molecule has 3 N–H and O–H groups in total. The molecule has 0 saturated heterocycles. The summed E-state index contributed by atoms with van der Waals surface area (Å²) in [6.45, 7) is -0.646. The molecule has 10 heteroatoms. The van der Waals surface area contributed by atoms with E-state index in [2.05, 4.69) is 10.6 Å². The van der Waals surface area contributed by atoms with E-state index < -0.39 is 29.3 Å². The lowest BCUT2D eigenvalue weighted by atomic mass is 10.1. The number of carboxylic acids is 1. The third-order valence-electron chi connectivity index (χ3n) is 3.05. The van der Waals surface area contributed by atoms with Crippen LogP contribution in [0.5, 0.6) is 0 Å². The number of nitrogens with one attached hydrogen (secondary N) is 2. The molecule has 0 aliphatic rings. The van der Waals surface area contributed by atoms with Gasteiger partial charge in [0.2, 0.25) is 0 Å². The minimum Gasteiger partial charge on any atom is -0.480 e. The first kappa shape index (κ1) is 18.4. The fraction of sp³-hybridized carbons (Fsp3) is 0.0625. The second kappa shape index (κ2) is 8.24. The van der Waals surface area contributed by atoms with Gasteiger partial charge in [0.15, 0.2) is 5.76 Å². The van der Waals surface area contributed by atoms with E-state index in [4.69, 9.17) is 9.52 Å². The molecule has 1 heterocycles. The first-order valence-corrected chi connectivity index (χ1v) is 7.18. The Kier molecular flexibility index (Phi) is 5.83. The number of carboxylic acid groups (broad SMARTS) is 1. The molecule has 26 heavy (non-hydrogen) atoms. The molecule has 0 unspecified atom stereocenters. The summed E-state index contributed by atoms with van der Waals surface area (Å²) in [5.41, 5.74) is -0.00373. The number of nitrogens with zero attached hydrogens (tertiary/aromatic N) is 1. The van der Waals surface area contributed by atoms with E-state index in [-0.39, 0.29) is 17.1 Å². The molecule has 2 rings (SSSR count). The molecule has 0 aliphatic carbocycles. The van der Waals surface area contributed by atoms with Gasteiger partial charge in [-0.05, 0) is 35.9 Å². The Morgan fingerprint density at radius 1 is 1.19 bits per heavy atom. The van der Waals surface area contributed by atoms with Gasteiger partial charge in [-0.25, -0.2) is 0 Å². The zero-order chi connectivity index (χ0) is 19.1. The number of rotatable bonds is 7. The summed E-state index contributed by atoms with van der Waals surface area (Å²) in [6, 6.07) is 8.08. The number of carbonyl (C=O) groups excluding carboxylic acids is 2. The second-order valence-electron chi connectivity index (χ2n) is 4.91. The van der Waals surface area contributed by atoms with Gasteiger partial charge in [-0.15, -0.1) is 0 Å². The van der Waals surface area contributed by atoms with Crippen LogP contribution in [0.4, 0.5) is 5.69 Å². The minimum atomic E-state index is -1.26. The van der Waals surface area contributed by atoms with Crippen LogP contribution in [0, 0.1) is 10.1 Å². The molecule has 0 fully saturated rings. The van der Waals surface area contributed by atoms with E-state index in [0.717, 1.165) is 0 Å². The lowest BCUT2D eigenvalue weighted by Gasteiger charge is -2.09. The van der Waals surface area contributed by atoms with Gasteiger partial charge in [0.05, 0.1) is 11.2 Å². The highest BCUT2D eigenvalue weighted by atomic mass is 16.6. The highest BCUT2D eigenvalue weighted by Gasteiger charge is 2.17. The van der Waals surface area contributed by atoms with Crippen molar-refractivity contribution in [2.45, 2.75) is 0 Å². The average Bonchev–Trinajstić information content (AvgIpc) is 3.14. The molecule has 0 bridgehead atoms. The number of carbonyl (C=O) groups is 3. The van der Waals surface area contributed by atoms with Crippen molar-refractivity contribution in [3.8, 4) is 0 Å². The lowest BCUT2D eigenvalue weighted by Crippen LogP contribution is -2.37. The lowest BCUT2D eigenvalue weighted by molar-refractivity contribution is -0.384. The number of non-ortho nitro benzene ring substituents is 1. The van der Waals surface area contributed by atoms with Crippen LogP contribution in [0.25, 0.3) is 6.08 Å². The Hall–Kier alpha value is -3.95. The number of amides is 2. The fourth-order valence-corrected chi connectivity index (χ4v) is 1.86. The van der Waals surface area contributed by atoms with E-state index >= 15 is 0 Å². The molecular formula is C16H13N3O7. The van der Waals surface area contributed by atoms with E-state index in [1.54, 1.807) is 0 Å². The summed E-state index contributed by atoms with van der Waals surface area (Å²) in [4.78, 5) is 44.9. The summed E-state index contributed by atoms with van der Waals surface area (Å²) in [5.74, 6) is -2.87. The van der Waals surface area contributed by atoms with Gasteiger partial charge >= 0.3 is 5.97 Å². The predicted octanol–water partition coefficient (Wildman–Crippen LogP) is 1.16. The molecule has 2 amide bonds. The van der Waals surface area contributed by atoms with E-state index in [1.807, 2.05) is 0 Å². The molecule has 134 valence electrons. The minimum absolute atomic E-state index is 0.0503. The Labute approximate surface area is 146 Å². The van der Waals surface area contributed by atoms with Crippen molar-refractivity contribution in [3.63, 3.8) is 0 Å². The SMILES string of the molecule is O=C(O)CNC(=O)/C(=C/c1ccc([N+](=O)[O-])cc1)NC(=O)c1ccco1. The van der Waals surface area contributed by atoms with Crippen LogP contribution in [0.15, 0.2) is 52.8 Å². The summed E-state index contributed by atoms with van der Waals surface area (Å²) in [5, 5.41) is 23.8. The van der Waals surface area contributed by atoms with Gasteiger partial charge in [0.25, 0.3) is 17.5 Å². The maximum Gasteiger partial charge on any atom is 0.322 e. The molecule has 0 atom stereocenters. The molecule has 0 aliphatic heterocycles. The van der Waals surface area contributed by atoms with E-state index in [1.165, 1.54) is 48.7 Å². The summed E-state index contributed by atoms with van der Waals surface area (Å²) in [7, 11) is 0. The van der Waals surface area contributed by atoms with Crippen molar-refractivity contribution >= 4 is 29.5 Å². The number of nitro groups is 1. The van der Waals surface area contributed by atoms with Crippen LogP contribution < -0.4 is 10.6 Å². The van der Waals surface area contributed by atoms with Crippen molar-refractivity contribution < 1.29 is 28.8 Å². The highest BCUT2D eigenvalue weighted by Crippen LogP contribution is 2.14. The summed E-state index contributed by atoms with van der Waals surface area (Å²) >= 11 is 0. The third-order valence-corrected chi connectivity index (χ3v) is 3.05. The van der Waals surface area contributed by atoms with Crippen LogP contribution >= 0.6 is 0 Å². The zero-order valence-electron chi connectivity index (χ0n) is 13.2. The molecule has 2 aromatic rings. The van der Waals surface area contributed by atoms with Gasteiger partial charge < -0.3 is 20.2 Å². The Morgan fingerprint density at radius 3 is 2.42 bits per heavy atom. The second-order valence-corrected chi connectivity index (χ2v) is 4.91. The predicted molar refractivity (Wildman–Crippen MR) is 87.9 cm³/mol. The van der Waals surface area contributed by atoms with E-state index in [9.17, 15) is 24.5 Å². The zero-order valence-corrected chi connectivity index (χ0v) is 13.2. The monoisotopic (exact) mass is 359 g/mol. The first-order chi connectivity index (χ1) is 12.4. The first-order valence-electron chi connectivity index (χ1n) is 7.18. The Morgan fingerprint density at radius 2 is 1.88 bits per heavy atom. The molecular weight excluding hydrogens is 346 g/mol. The van der Waals surface area contributed by atoms with Gasteiger partial charge in [0, 0.05) is 12.1 Å². The number of aliphatic carboxylic acids is 1. The van der Waals surface area contributed by atoms with Gasteiger partial charge in [-0.2, -0.15) is 0 Å². The van der Waals surface area contributed by atoms with Crippen molar-refractivity contribution in [1.29, 1.82) is 0 Å². The standard InChI is InChI=1S/C16H13N3O7/c20-14(21)9-17-15(22)12(18-16(23)13-2-1-7-26-13)8-10-3-5-11(6-4-10)19(24)25/h1-8H,9H2,(H,17,22)(H,18,23)(H,20,21)/b12-8-. The largest absolute Gasteiger partial charge is 0.480 e. The summed E-state index contributed by atoms with van der Waals surface area (Å²) in [6.07, 6.45) is 2.53. The molecule has 10 nitrogen and oxygen atoms in total. The number of nitro benzene ring substituents is 1. The van der Waals surface area contributed by atoms with Crippen LogP contribution in [0.3, 0.4) is 0 Å². The number of hydrogen-bond donors (Lipinski definition) is 3. The van der Waals surface area contributed by atoms with Crippen molar-refractivity contribution in [2.75, 3.05) is 6.54 Å². The van der Waals surface area contributed by atoms with Crippen LogP contribution in [-0.4, -0.2) is 34.4 Å². The Balaban J connectivity index is 2.26. The van der Waals surface area contributed by atoms with Crippen LogP contribution in [0.1, 0.15) is 16.1 Å². The highest BCUT2D eigenvalue weighted by molar-refractivity contribution is 6.05. The topological polar surface area (TPSA) is 152 Å². The molecule has 0 spiro atoms. The van der Waals surface area contributed by atoms with Crippen LogP contribution in [0.2, 0.25) is 0 Å². The molecule has 1 aromatic heterocycles. The fourth-order valence-electron chi connectivity index (χ4n) is 1.86. The molecule has 0 radical (unpaired) electrons. The molecule has 1 aromatic carbocycles. The number of benzene rings is 1. The number of furan rings is 1.